The van der Waals surface area contributed by atoms with Gasteiger partial charge in [0.1, 0.15) is 0 Å². The van der Waals surface area contributed by atoms with E-state index in [4.69, 9.17) is 0 Å². The molecule has 0 saturated carbocycles. The van der Waals surface area contributed by atoms with E-state index in [0.29, 0.717) is 17.4 Å². The lowest BCUT2D eigenvalue weighted by Gasteiger charge is -2.01. The van der Waals surface area contributed by atoms with Crippen LogP contribution in [0.3, 0.4) is 0 Å². The topological polar surface area (TPSA) is 72.2 Å². The predicted molar refractivity (Wildman–Crippen MR) is 59.2 cm³/mol. The second-order valence-corrected chi connectivity index (χ2v) is 3.54. The van der Waals surface area contributed by atoms with E-state index in [-0.39, 0.29) is 11.6 Å². The minimum atomic E-state index is -0.500. The molecule has 0 unspecified atom stereocenters. The summed E-state index contributed by atoms with van der Waals surface area (Å²) in [6.07, 6.45) is 0. The van der Waals surface area contributed by atoms with Crippen LogP contribution in [0.15, 0.2) is 24.3 Å². The minimum absolute atomic E-state index is 0.0213. The first kappa shape index (κ1) is 11.6. The fraction of sp³-hybridized carbons (Fsp3) is 0.222. The molecule has 0 bridgehead atoms. The summed E-state index contributed by atoms with van der Waals surface area (Å²) >= 11 is 3.18. The van der Waals surface area contributed by atoms with E-state index in [1.807, 2.05) is 0 Å². The van der Waals surface area contributed by atoms with Gasteiger partial charge in [-0.3, -0.25) is 14.9 Å². The smallest absolute Gasteiger partial charge is 0.269 e. The number of alkyl halides is 1. The van der Waals surface area contributed by atoms with Gasteiger partial charge < -0.3 is 5.32 Å². The third-order valence-corrected chi connectivity index (χ3v) is 2.12. The molecular formula is C9H9BrN2O3. The molecular weight excluding hydrogens is 264 g/mol. The number of nitro groups is 1. The zero-order chi connectivity index (χ0) is 11.3. The third-order valence-electron chi connectivity index (χ3n) is 1.72. The number of hydrogen-bond acceptors (Lipinski definition) is 3. The van der Waals surface area contributed by atoms with Crippen molar-refractivity contribution in [2.45, 2.75) is 0 Å². The number of non-ortho nitro benzene ring substituents is 1. The second-order valence-electron chi connectivity index (χ2n) is 2.75. The largest absolute Gasteiger partial charge is 0.351 e. The molecule has 1 aromatic rings. The summed E-state index contributed by atoms with van der Waals surface area (Å²) < 4.78 is 0. The molecule has 80 valence electrons. The lowest BCUT2D eigenvalue weighted by molar-refractivity contribution is -0.384. The molecule has 0 atom stereocenters. The highest BCUT2D eigenvalue weighted by Crippen LogP contribution is 2.11. The molecule has 1 amide bonds. The number of carbonyl (C=O) groups is 1. The summed E-state index contributed by atoms with van der Waals surface area (Å²) in [5.41, 5.74) is 0.397. The average Bonchev–Trinajstić information content (AvgIpc) is 2.26. The number of nitrogens with one attached hydrogen (secondary N) is 1. The number of benzene rings is 1. The zero-order valence-electron chi connectivity index (χ0n) is 7.77. The second kappa shape index (κ2) is 5.45. The molecule has 1 aromatic carbocycles. The van der Waals surface area contributed by atoms with Crippen LogP contribution in [0.2, 0.25) is 0 Å². The molecule has 0 heterocycles. The van der Waals surface area contributed by atoms with Crippen LogP contribution in [0.4, 0.5) is 5.69 Å². The Hall–Kier alpha value is -1.43. The van der Waals surface area contributed by atoms with E-state index in [0.717, 1.165) is 0 Å². The van der Waals surface area contributed by atoms with Crippen molar-refractivity contribution in [3.8, 4) is 0 Å². The standard InChI is InChI=1S/C9H9BrN2O3/c10-5-6-11-9(13)7-1-3-8(4-2-7)12(14)15/h1-4H,5-6H2,(H,11,13). The highest BCUT2D eigenvalue weighted by atomic mass is 79.9. The van der Waals surface area contributed by atoms with E-state index in [9.17, 15) is 14.9 Å². The van der Waals surface area contributed by atoms with E-state index in [1.165, 1.54) is 24.3 Å². The summed E-state index contributed by atoms with van der Waals surface area (Å²) in [4.78, 5) is 21.2. The van der Waals surface area contributed by atoms with Gasteiger partial charge in [0.05, 0.1) is 4.92 Å². The van der Waals surface area contributed by atoms with Crippen molar-refractivity contribution in [3.63, 3.8) is 0 Å². The summed E-state index contributed by atoms with van der Waals surface area (Å²) in [7, 11) is 0. The highest BCUT2D eigenvalue weighted by molar-refractivity contribution is 9.09. The van der Waals surface area contributed by atoms with Gasteiger partial charge in [0.2, 0.25) is 0 Å². The summed E-state index contributed by atoms with van der Waals surface area (Å²) in [5, 5.41) is 13.7. The molecule has 1 N–H and O–H groups in total. The van der Waals surface area contributed by atoms with E-state index >= 15 is 0 Å². The van der Waals surface area contributed by atoms with Crippen LogP contribution in [0.5, 0.6) is 0 Å². The van der Waals surface area contributed by atoms with Gasteiger partial charge in [-0.1, -0.05) is 15.9 Å². The van der Waals surface area contributed by atoms with E-state index in [2.05, 4.69) is 21.2 Å². The van der Waals surface area contributed by atoms with Crippen molar-refractivity contribution < 1.29 is 9.72 Å². The van der Waals surface area contributed by atoms with Gasteiger partial charge in [-0.15, -0.1) is 0 Å². The number of carbonyl (C=O) groups excluding carboxylic acids is 1. The van der Waals surface area contributed by atoms with Crippen LogP contribution in [0.1, 0.15) is 10.4 Å². The Balaban J connectivity index is 2.71. The van der Waals surface area contributed by atoms with Gasteiger partial charge in [0.15, 0.2) is 0 Å². The maximum Gasteiger partial charge on any atom is 0.269 e. The normalized spacial score (nSPS) is 9.67. The summed E-state index contributed by atoms with van der Waals surface area (Å²) in [5.74, 6) is -0.232. The van der Waals surface area contributed by atoms with Gasteiger partial charge in [-0.2, -0.15) is 0 Å². The molecule has 6 heteroatoms. The van der Waals surface area contributed by atoms with Crippen molar-refractivity contribution in [2.75, 3.05) is 11.9 Å². The lowest BCUT2D eigenvalue weighted by Crippen LogP contribution is -2.24. The Bertz CT molecular complexity index is 364. The van der Waals surface area contributed by atoms with Gasteiger partial charge in [0.25, 0.3) is 11.6 Å². The first-order valence-corrected chi connectivity index (χ1v) is 5.36. The Morgan fingerprint density at radius 1 is 1.40 bits per heavy atom. The summed E-state index contributed by atoms with van der Waals surface area (Å²) in [6.45, 7) is 0.524. The van der Waals surface area contributed by atoms with Crippen molar-refractivity contribution in [2.24, 2.45) is 0 Å². The van der Waals surface area contributed by atoms with Crippen LogP contribution >= 0.6 is 15.9 Å². The van der Waals surface area contributed by atoms with Crippen molar-refractivity contribution >= 4 is 27.5 Å². The van der Waals surface area contributed by atoms with Crippen LogP contribution in [-0.4, -0.2) is 22.7 Å². The molecule has 0 saturated heterocycles. The minimum Gasteiger partial charge on any atom is -0.351 e. The average molecular weight is 273 g/mol. The number of halogens is 1. The Morgan fingerprint density at radius 3 is 2.47 bits per heavy atom. The van der Waals surface area contributed by atoms with Gasteiger partial charge in [-0.25, -0.2) is 0 Å². The van der Waals surface area contributed by atoms with Crippen molar-refractivity contribution in [1.82, 2.24) is 5.32 Å². The van der Waals surface area contributed by atoms with Crippen LogP contribution in [-0.2, 0) is 0 Å². The fourth-order valence-corrected chi connectivity index (χ4v) is 1.20. The Kier molecular flexibility index (Phi) is 4.23. The summed E-state index contributed by atoms with van der Waals surface area (Å²) in [6, 6.07) is 5.48. The SMILES string of the molecule is O=C(NCCBr)c1ccc([N+](=O)[O-])cc1. The molecule has 5 nitrogen and oxygen atoms in total. The van der Waals surface area contributed by atoms with Gasteiger partial charge in [0, 0.05) is 29.6 Å². The monoisotopic (exact) mass is 272 g/mol. The maximum atomic E-state index is 11.4. The zero-order valence-corrected chi connectivity index (χ0v) is 9.36. The number of hydrogen-bond donors (Lipinski definition) is 1. The van der Waals surface area contributed by atoms with Crippen LogP contribution in [0, 0.1) is 10.1 Å². The van der Waals surface area contributed by atoms with E-state index < -0.39 is 4.92 Å². The molecule has 0 aromatic heterocycles. The number of amides is 1. The van der Waals surface area contributed by atoms with Crippen molar-refractivity contribution in [3.05, 3.63) is 39.9 Å². The number of nitrogens with zero attached hydrogens (tertiary/aromatic N) is 1. The van der Waals surface area contributed by atoms with Crippen LogP contribution in [0.25, 0.3) is 0 Å². The first-order valence-electron chi connectivity index (χ1n) is 4.24. The van der Waals surface area contributed by atoms with Gasteiger partial charge in [-0.05, 0) is 12.1 Å². The van der Waals surface area contributed by atoms with Crippen molar-refractivity contribution in [1.29, 1.82) is 0 Å². The van der Waals surface area contributed by atoms with E-state index in [1.54, 1.807) is 0 Å². The number of rotatable bonds is 4. The molecule has 0 fully saturated rings. The molecule has 0 aliphatic carbocycles. The molecule has 0 aliphatic heterocycles. The first-order chi connectivity index (χ1) is 7.15. The molecule has 1 rings (SSSR count). The highest BCUT2D eigenvalue weighted by Gasteiger charge is 2.08. The van der Waals surface area contributed by atoms with Crippen LogP contribution < -0.4 is 5.32 Å². The maximum absolute atomic E-state index is 11.4. The molecule has 0 radical (unpaired) electrons. The third kappa shape index (κ3) is 3.32. The fourth-order valence-electron chi connectivity index (χ4n) is 0.997. The van der Waals surface area contributed by atoms with Gasteiger partial charge >= 0.3 is 0 Å². The Morgan fingerprint density at radius 2 is 2.00 bits per heavy atom. The lowest BCUT2D eigenvalue weighted by atomic mass is 10.2. The molecule has 0 aliphatic rings. The Labute approximate surface area is 94.8 Å². The predicted octanol–water partition coefficient (Wildman–Crippen LogP) is 1.72. The molecule has 0 spiro atoms. The molecule has 15 heavy (non-hydrogen) atoms. The number of nitro benzene ring substituents is 1. The quantitative estimate of drug-likeness (QED) is 0.515.